The molecule has 0 bridgehead atoms. The number of hydrogen-bond acceptors (Lipinski definition) is 6. The van der Waals surface area contributed by atoms with Gasteiger partial charge in [0.2, 0.25) is 0 Å². The first-order valence-electron chi connectivity index (χ1n) is 11.8. The number of nitrogens with zero attached hydrogens (tertiary/aromatic N) is 4. The van der Waals surface area contributed by atoms with Crippen LogP contribution < -0.4 is 10.2 Å². The number of urea groups is 1. The molecule has 1 fully saturated rings. The molecule has 2 heterocycles. The van der Waals surface area contributed by atoms with E-state index in [-0.39, 0.29) is 18.1 Å². The largest absolute Gasteiger partial charge is 0.383 e. The summed E-state index contributed by atoms with van der Waals surface area (Å²) < 4.78 is 19.1. The minimum Gasteiger partial charge on any atom is -0.383 e. The zero-order valence-electron chi connectivity index (χ0n) is 20.4. The normalized spacial score (nSPS) is 13.5. The summed E-state index contributed by atoms with van der Waals surface area (Å²) in [6.07, 6.45) is 0. The van der Waals surface area contributed by atoms with Crippen molar-refractivity contribution in [2.75, 3.05) is 56.7 Å². The van der Waals surface area contributed by atoms with E-state index < -0.39 is 11.8 Å². The molecule has 0 spiro atoms. The highest BCUT2D eigenvalue weighted by Gasteiger charge is 2.25. The van der Waals surface area contributed by atoms with E-state index in [9.17, 15) is 14.0 Å². The lowest BCUT2D eigenvalue weighted by molar-refractivity contribution is 0.0741. The molecule has 1 aromatic heterocycles. The lowest BCUT2D eigenvalue weighted by Gasteiger charge is -2.36. The predicted molar refractivity (Wildman–Crippen MR) is 139 cm³/mol. The van der Waals surface area contributed by atoms with Crippen LogP contribution in [0.3, 0.4) is 0 Å². The Labute approximate surface area is 214 Å². The van der Waals surface area contributed by atoms with Gasteiger partial charge in [0.15, 0.2) is 0 Å². The van der Waals surface area contributed by atoms with E-state index in [0.29, 0.717) is 36.9 Å². The van der Waals surface area contributed by atoms with Crippen LogP contribution in [-0.4, -0.2) is 73.2 Å². The quantitative estimate of drug-likeness (QED) is 0.490. The number of piperazine rings is 1. The van der Waals surface area contributed by atoms with Crippen LogP contribution >= 0.6 is 11.3 Å². The fourth-order valence-corrected chi connectivity index (χ4v) is 4.87. The van der Waals surface area contributed by atoms with E-state index in [1.165, 1.54) is 39.6 Å². The average Bonchev–Trinajstić information content (AvgIpc) is 3.36. The van der Waals surface area contributed by atoms with Crippen molar-refractivity contribution in [3.63, 3.8) is 0 Å². The van der Waals surface area contributed by atoms with E-state index in [1.54, 1.807) is 24.6 Å². The molecule has 36 heavy (non-hydrogen) atoms. The molecule has 10 heteroatoms. The van der Waals surface area contributed by atoms with Gasteiger partial charge in [-0.3, -0.25) is 4.79 Å². The summed E-state index contributed by atoms with van der Waals surface area (Å²) in [5, 5.41) is 4.95. The maximum atomic E-state index is 14.0. The smallest absolute Gasteiger partial charge is 0.322 e. The number of rotatable bonds is 8. The second-order valence-corrected chi connectivity index (χ2v) is 9.46. The molecule has 0 unspecified atom stereocenters. The summed E-state index contributed by atoms with van der Waals surface area (Å²) >= 11 is 1.32. The van der Waals surface area contributed by atoms with Gasteiger partial charge in [0.1, 0.15) is 16.5 Å². The van der Waals surface area contributed by atoms with Gasteiger partial charge in [-0.1, -0.05) is 30.3 Å². The fraction of sp³-hybridized carbons (Fsp3) is 0.346. The molecule has 190 valence electrons. The van der Waals surface area contributed by atoms with Crippen molar-refractivity contribution in [1.29, 1.82) is 0 Å². The van der Waals surface area contributed by atoms with Crippen molar-refractivity contribution >= 4 is 34.6 Å². The summed E-state index contributed by atoms with van der Waals surface area (Å²) in [5.74, 6) is -0.622. The van der Waals surface area contributed by atoms with Crippen LogP contribution in [0.25, 0.3) is 0 Å². The first-order chi connectivity index (χ1) is 17.5. The van der Waals surface area contributed by atoms with Crippen molar-refractivity contribution < 1.29 is 18.7 Å². The molecular formula is C26H30FN5O3S. The molecule has 1 saturated heterocycles. The van der Waals surface area contributed by atoms with Gasteiger partial charge in [-0.25, -0.2) is 14.2 Å². The Morgan fingerprint density at radius 2 is 1.83 bits per heavy atom. The van der Waals surface area contributed by atoms with Crippen LogP contribution in [0.15, 0.2) is 53.9 Å². The average molecular weight is 512 g/mol. The summed E-state index contributed by atoms with van der Waals surface area (Å²) in [5.41, 5.74) is 2.90. The van der Waals surface area contributed by atoms with Crippen molar-refractivity contribution in [2.45, 2.75) is 13.5 Å². The second-order valence-electron chi connectivity index (χ2n) is 8.52. The minimum absolute atomic E-state index is 0.102. The highest BCUT2D eigenvalue weighted by atomic mass is 32.1. The molecule has 4 rings (SSSR count). The van der Waals surface area contributed by atoms with Crippen molar-refractivity contribution in [3.8, 4) is 0 Å². The molecule has 1 aliphatic rings. The summed E-state index contributed by atoms with van der Waals surface area (Å²) in [7, 11) is 1.55. The predicted octanol–water partition coefficient (Wildman–Crippen LogP) is 4.23. The van der Waals surface area contributed by atoms with Crippen LogP contribution in [0.2, 0.25) is 0 Å². The molecule has 1 N–H and O–H groups in total. The maximum absolute atomic E-state index is 14.0. The lowest BCUT2D eigenvalue weighted by Crippen LogP contribution is -2.49. The standard InChI is InChI=1S/C26H30FN5O3S/c1-19-7-3-6-10-23(19)30-11-13-31(14-12-30)25(33)22-18-36-24(28-22)17-32(15-16-35-2)26(34)29-21-9-5-4-8-20(21)27/h3-10,18H,11-17H2,1-2H3,(H,29,34). The second kappa shape index (κ2) is 12.0. The molecule has 1 aliphatic heterocycles. The highest BCUT2D eigenvalue weighted by Crippen LogP contribution is 2.22. The van der Waals surface area contributed by atoms with Gasteiger partial charge in [-0.05, 0) is 30.7 Å². The monoisotopic (exact) mass is 511 g/mol. The van der Waals surface area contributed by atoms with E-state index in [4.69, 9.17) is 4.74 Å². The number of carbonyl (C=O) groups excluding carboxylic acids is 2. The Morgan fingerprint density at radius 1 is 1.11 bits per heavy atom. The molecule has 0 radical (unpaired) electrons. The lowest BCUT2D eigenvalue weighted by atomic mass is 10.1. The number of methoxy groups -OCH3 is 1. The van der Waals surface area contributed by atoms with Crippen LogP contribution in [0.5, 0.6) is 0 Å². The highest BCUT2D eigenvalue weighted by molar-refractivity contribution is 7.09. The Hall–Kier alpha value is -3.50. The van der Waals surface area contributed by atoms with Crippen molar-refractivity contribution in [3.05, 3.63) is 76.0 Å². The van der Waals surface area contributed by atoms with E-state index in [1.807, 2.05) is 17.0 Å². The summed E-state index contributed by atoms with van der Waals surface area (Å²) in [6, 6.07) is 13.8. The number of benzene rings is 2. The molecule has 2 aromatic carbocycles. The van der Waals surface area contributed by atoms with E-state index in [0.717, 1.165) is 13.1 Å². The van der Waals surface area contributed by atoms with E-state index >= 15 is 0 Å². The number of nitrogens with one attached hydrogen (secondary N) is 1. The van der Waals surface area contributed by atoms with Crippen molar-refractivity contribution in [1.82, 2.24) is 14.8 Å². The number of para-hydroxylation sites is 2. The maximum Gasteiger partial charge on any atom is 0.322 e. The molecule has 0 saturated carbocycles. The number of amides is 3. The van der Waals surface area contributed by atoms with Gasteiger partial charge in [-0.15, -0.1) is 11.3 Å². The number of aromatic nitrogens is 1. The number of thiazole rings is 1. The molecule has 8 nitrogen and oxygen atoms in total. The molecule has 0 aliphatic carbocycles. The van der Waals surface area contributed by atoms with Gasteiger partial charge in [0.05, 0.1) is 18.8 Å². The zero-order chi connectivity index (χ0) is 25.5. The van der Waals surface area contributed by atoms with Crippen LogP contribution in [-0.2, 0) is 11.3 Å². The number of aryl methyl sites for hydroxylation is 1. The third-order valence-corrected chi connectivity index (χ3v) is 6.92. The Balaban J connectivity index is 1.37. The fourth-order valence-electron chi connectivity index (χ4n) is 4.09. The Bertz CT molecular complexity index is 1200. The first-order valence-corrected chi connectivity index (χ1v) is 12.7. The van der Waals surface area contributed by atoms with E-state index in [2.05, 4.69) is 34.3 Å². The third kappa shape index (κ3) is 6.19. The Kier molecular flexibility index (Phi) is 8.50. The third-order valence-electron chi connectivity index (χ3n) is 6.09. The van der Waals surface area contributed by atoms with Gasteiger partial charge in [0, 0.05) is 50.9 Å². The SMILES string of the molecule is COCCN(Cc1nc(C(=O)N2CCN(c3ccccc3C)CC2)cs1)C(=O)Nc1ccccc1F. The van der Waals surface area contributed by atoms with Gasteiger partial charge >= 0.3 is 6.03 Å². The van der Waals surface area contributed by atoms with Crippen LogP contribution in [0, 0.1) is 12.7 Å². The van der Waals surface area contributed by atoms with Crippen LogP contribution in [0.1, 0.15) is 21.1 Å². The minimum atomic E-state index is -0.512. The molecule has 0 atom stereocenters. The number of hydrogen-bond donors (Lipinski definition) is 1. The number of carbonyl (C=O) groups is 2. The van der Waals surface area contributed by atoms with Gasteiger partial charge in [0.25, 0.3) is 5.91 Å². The summed E-state index contributed by atoms with van der Waals surface area (Å²) in [6.45, 7) is 5.63. The summed E-state index contributed by atoms with van der Waals surface area (Å²) in [4.78, 5) is 36.0. The number of anilines is 2. The molecular weight excluding hydrogens is 481 g/mol. The zero-order valence-corrected chi connectivity index (χ0v) is 21.3. The van der Waals surface area contributed by atoms with Crippen molar-refractivity contribution in [2.24, 2.45) is 0 Å². The molecule has 3 amide bonds. The van der Waals surface area contributed by atoms with Gasteiger partial charge < -0.3 is 24.8 Å². The number of ether oxygens (including phenoxy) is 1. The van der Waals surface area contributed by atoms with Crippen LogP contribution in [0.4, 0.5) is 20.6 Å². The topological polar surface area (TPSA) is 78.0 Å². The number of halogens is 1. The Morgan fingerprint density at radius 3 is 2.56 bits per heavy atom. The van der Waals surface area contributed by atoms with Gasteiger partial charge in [-0.2, -0.15) is 0 Å². The first kappa shape index (κ1) is 25.6. The molecule has 3 aromatic rings.